The first-order chi connectivity index (χ1) is 15.6. The summed E-state index contributed by atoms with van der Waals surface area (Å²) in [5, 5.41) is 10.9. The van der Waals surface area contributed by atoms with E-state index in [1.165, 1.54) is 5.56 Å². The highest BCUT2D eigenvalue weighted by atomic mass is 16.5. The van der Waals surface area contributed by atoms with Gasteiger partial charge in [-0.15, -0.1) is 0 Å². The lowest BCUT2D eigenvalue weighted by Gasteiger charge is -2.21. The molecule has 2 N–H and O–H groups in total. The molecule has 0 unspecified atom stereocenters. The van der Waals surface area contributed by atoms with E-state index in [1.807, 2.05) is 50.2 Å². The standard InChI is InChI=1S/C25H31N5O2/c1-18-19(2)28-30(21-12-8-5-9-13-21)24(18)27-25(31)26-23-17-29(14-15-32-3)16-22(23)20-10-6-4-7-11-20/h4-13,22-23H,14-17H2,1-3H3,(H2,26,27,31)/t22-,23+/m1/s1. The van der Waals surface area contributed by atoms with Gasteiger partial charge in [0.2, 0.25) is 0 Å². The van der Waals surface area contributed by atoms with Crippen LogP contribution in [0, 0.1) is 13.8 Å². The van der Waals surface area contributed by atoms with E-state index in [-0.39, 0.29) is 18.0 Å². The number of urea groups is 1. The molecule has 1 fully saturated rings. The number of aryl methyl sites for hydroxylation is 1. The number of ether oxygens (including phenoxy) is 1. The molecule has 2 heterocycles. The molecule has 1 aromatic heterocycles. The molecular weight excluding hydrogens is 402 g/mol. The molecule has 7 nitrogen and oxygen atoms in total. The molecule has 32 heavy (non-hydrogen) atoms. The Morgan fingerprint density at radius 2 is 1.75 bits per heavy atom. The van der Waals surface area contributed by atoms with Crippen LogP contribution in [0.5, 0.6) is 0 Å². The summed E-state index contributed by atoms with van der Waals surface area (Å²) < 4.78 is 7.05. The van der Waals surface area contributed by atoms with Crippen molar-refractivity contribution in [3.05, 3.63) is 77.5 Å². The Bertz CT molecular complexity index is 1040. The van der Waals surface area contributed by atoms with Crippen LogP contribution in [0.15, 0.2) is 60.7 Å². The Balaban J connectivity index is 1.52. The Labute approximate surface area is 189 Å². The number of anilines is 1. The molecule has 0 saturated carbocycles. The van der Waals surface area contributed by atoms with Crippen LogP contribution in [0.4, 0.5) is 10.6 Å². The van der Waals surface area contributed by atoms with Crippen LogP contribution in [0.2, 0.25) is 0 Å². The minimum atomic E-state index is -0.218. The van der Waals surface area contributed by atoms with E-state index in [9.17, 15) is 4.79 Å². The molecule has 1 saturated heterocycles. The van der Waals surface area contributed by atoms with Gasteiger partial charge < -0.3 is 10.1 Å². The second-order valence-corrected chi connectivity index (χ2v) is 8.28. The molecule has 168 valence electrons. The van der Waals surface area contributed by atoms with Crippen molar-refractivity contribution in [2.75, 3.05) is 38.7 Å². The predicted molar refractivity (Wildman–Crippen MR) is 126 cm³/mol. The number of para-hydroxylation sites is 1. The van der Waals surface area contributed by atoms with Crippen molar-refractivity contribution in [2.24, 2.45) is 0 Å². The molecular formula is C25H31N5O2. The van der Waals surface area contributed by atoms with E-state index in [1.54, 1.807) is 11.8 Å². The maximum Gasteiger partial charge on any atom is 0.320 e. The molecule has 3 aromatic rings. The summed E-state index contributed by atoms with van der Waals surface area (Å²) in [7, 11) is 1.72. The van der Waals surface area contributed by atoms with Crippen LogP contribution in [0.3, 0.4) is 0 Å². The zero-order chi connectivity index (χ0) is 22.5. The third-order valence-electron chi connectivity index (χ3n) is 6.14. The number of hydrogen-bond acceptors (Lipinski definition) is 4. The van der Waals surface area contributed by atoms with E-state index in [0.29, 0.717) is 12.4 Å². The van der Waals surface area contributed by atoms with Crippen molar-refractivity contribution in [3.8, 4) is 5.69 Å². The molecule has 7 heteroatoms. The predicted octanol–water partition coefficient (Wildman–Crippen LogP) is 3.73. The maximum atomic E-state index is 13.1. The Morgan fingerprint density at radius 1 is 1.06 bits per heavy atom. The number of benzene rings is 2. The van der Waals surface area contributed by atoms with Crippen LogP contribution in [0.1, 0.15) is 22.7 Å². The van der Waals surface area contributed by atoms with E-state index in [2.05, 4.69) is 44.9 Å². The fraction of sp³-hybridized carbons (Fsp3) is 0.360. The number of hydrogen-bond donors (Lipinski definition) is 2. The number of nitrogens with zero attached hydrogens (tertiary/aromatic N) is 3. The average molecular weight is 434 g/mol. The van der Waals surface area contributed by atoms with E-state index < -0.39 is 0 Å². The van der Waals surface area contributed by atoms with Gasteiger partial charge in [-0.2, -0.15) is 5.10 Å². The number of rotatable bonds is 7. The fourth-order valence-electron chi connectivity index (χ4n) is 4.29. The Kier molecular flexibility index (Phi) is 6.87. The van der Waals surface area contributed by atoms with Crippen molar-refractivity contribution < 1.29 is 9.53 Å². The Morgan fingerprint density at radius 3 is 2.44 bits per heavy atom. The van der Waals surface area contributed by atoms with Crippen molar-refractivity contribution in [1.29, 1.82) is 0 Å². The smallest absolute Gasteiger partial charge is 0.320 e. The molecule has 1 aliphatic rings. The molecule has 0 radical (unpaired) electrons. The largest absolute Gasteiger partial charge is 0.383 e. The van der Waals surface area contributed by atoms with Crippen LogP contribution in [0.25, 0.3) is 5.69 Å². The number of aromatic nitrogens is 2. The lowest BCUT2D eigenvalue weighted by Crippen LogP contribution is -2.42. The molecule has 0 aliphatic carbocycles. The van der Waals surface area contributed by atoms with Gasteiger partial charge in [-0.1, -0.05) is 48.5 Å². The van der Waals surface area contributed by atoms with Crippen molar-refractivity contribution in [1.82, 2.24) is 20.0 Å². The summed E-state index contributed by atoms with van der Waals surface area (Å²) >= 11 is 0. The molecule has 2 atom stereocenters. The summed E-state index contributed by atoms with van der Waals surface area (Å²) in [4.78, 5) is 15.4. The third-order valence-corrected chi connectivity index (χ3v) is 6.14. The zero-order valence-corrected chi connectivity index (χ0v) is 18.9. The minimum absolute atomic E-state index is 0.00348. The van der Waals surface area contributed by atoms with Gasteiger partial charge in [0, 0.05) is 38.2 Å². The zero-order valence-electron chi connectivity index (χ0n) is 18.9. The highest BCUT2D eigenvalue weighted by Gasteiger charge is 2.34. The number of nitrogens with one attached hydrogen (secondary N) is 2. The van der Waals surface area contributed by atoms with Crippen LogP contribution in [-0.4, -0.2) is 60.1 Å². The van der Waals surface area contributed by atoms with Gasteiger partial charge in [0.05, 0.1) is 24.0 Å². The number of carbonyl (C=O) groups is 1. The number of methoxy groups -OCH3 is 1. The second kappa shape index (κ2) is 9.97. The molecule has 4 rings (SSSR count). The van der Waals surface area contributed by atoms with Gasteiger partial charge in [-0.05, 0) is 31.5 Å². The summed E-state index contributed by atoms with van der Waals surface area (Å²) in [5.74, 6) is 0.914. The SMILES string of the molecule is COCCN1C[C@H](NC(=O)Nc2c(C)c(C)nn2-c2ccccc2)[C@@H](c2ccccc2)C1. The average Bonchev–Trinajstić information content (AvgIpc) is 3.34. The summed E-state index contributed by atoms with van der Waals surface area (Å²) in [6, 6.07) is 20.0. The fourth-order valence-corrected chi connectivity index (χ4v) is 4.29. The Hall–Kier alpha value is -3.16. The third kappa shape index (κ3) is 4.84. The highest BCUT2D eigenvalue weighted by Crippen LogP contribution is 2.28. The normalized spacial score (nSPS) is 18.6. The topological polar surface area (TPSA) is 71.4 Å². The van der Waals surface area contributed by atoms with Gasteiger partial charge >= 0.3 is 6.03 Å². The monoisotopic (exact) mass is 433 g/mol. The van der Waals surface area contributed by atoms with Gasteiger partial charge in [0.1, 0.15) is 5.82 Å². The maximum absolute atomic E-state index is 13.1. The van der Waals surface area contributed by atoms with Gasteiger partial charge in [-0.3, -0.25) is 10.2 Å². The van der Waals surface area contributed by atoms with Gasteiger partial charge in [-0.25, -0.2) is 9.48 Å². The van der Waals surface area contributed by atoms with Gasteiger partial charge in [0.25, 0.3) is 0 Å². The molecule has 0 bridgehead atoms. The van der Waals surface area contributed by atoms with Crippen molar-refractivity contribution in [3.63, 3.8) is 0 Å². The molecule has 2 aromatic carbocycles. The lowest BCUT2D eigenvalue weighted by atomic mass is 9.94. The van der Waals surface area contributed by atoms with E-state index >= 15 is 0 Å². The van der Waals surface area contributed by atoms with Crippen molar-refractivity contribution in [2.45, 2.75) is 25.8 Å². The van der Waals surface area contributed by atoms with Gasteiger partial charge in [0.15, 0.2) is 0 Å². The second-order valence-electron chi connectivity index (χ2n) is 8.28. The summed E-state index contributed by atoms with van der Waals surface area (Å²) in [6.07, 6.45) is 0. The first kappa shape index (κ1) is 22.0. The quantitative estimate of drug-likeness (QED) is 0.596. The van der Waals surface area contributed by atoms with Crippen molar-refractivity contribution >= 4 is 11.8 Å². The minimum Gasteiger partial charge on any atom is -0.383 e. The summed E-state index contributed by atoms with van der Waals surface area (Å²) in [6.45, 7) is 7.12. The first-order valence-corrected chi connectivity index (χ1v) is 11.0. The van der Waals surface area contributed by atoms with E-state index in [0.717, 1.165) is 36.6 Å². The van der Waals surface area contributed by atoms with Crippen LogP contribution < -0.4 is 10.6 Å². The number of amides is 2. The summed E-state index contributed by atoms with van der Waals surface area (Å²) in [5.41, 5.74) is 3.99. The molecule has 2 amide bonds. The number of carbonyl (C=O) groups excluding carboxylic acids is 1. The number of likely N-dealkylation sites (tertiary alicyclic amines) is 1. The highest BCUT2D eigenvalue weighted by molar-refractivity contribution is 5.90. The first-order valence-electron chi connectivity index (χ1n) is 11.0. The lowest BCUT2D eigenvalue weighted by molar-refractivity contribution is 0.159. The van der Waals surface area contributed by atoms with Crippen LogP contribution in [-0.2, 0) is 4.74 Å². The van der Waals surface area contributed by atoms with E-state index in [4.69, 9.17) is 4.74 Å². The van der Waals surface area contributed by atoms with Crippen LogP contribution >= 0.6 is 0 Å². The molecule has 1 aliphatic heterocycles. The molecule has 0 spiro atoms.